The Balaban J connectivity index is 1.92. The molecule has 0 saturated heterocycles. The zero-order chi connectivity index (χ0) is 17.5. The topological polar surface area (TPSA) is 81.8 Å². The number of benzene rings is 2. The highest BCUT2D eigenvalue weighted by atomic mass is 19.3. The third-order valence-corrected chi connectivity index (χ3v) is 3.28. The van der Waals surface area contributed by atoms with Crippen molar-refractivity contribution in [2.45, 2.75) is 25.4 Å². The fourth-order valence-corrected chi connectivity index (χ4v) is 2.01. The molecule has 2 rings (SSSR count). The first kappa shape index (κ1) is 17.8. The van der Waals surface area contributed by atoms with E-state index in [2.05, 4.69) is 4.74 Å². The number of carbonyl (C=O) groups is 1. The van der Waals surface area contributed by atoms with Crippen molar-refractivity contribution < 1.29 is 28.2 Å². The molecule has 2 aromatic carbocycles. The van der Waals surface area contributed by atoms with Crippen LogP contribution >= 0.6 is 0 Å². The third kappa shape index (κ3) is 5.00. The Labute approximate surface area is 137 Å². The molecule has 3 N–H and O–H groups in total. The number of nitrogens with two attached hydrogens (primary N) is 1. The van der Waals surface area contributed by atoms with Crippen LogP contribution in [0.4, 0.5) is 8.78 Å². The van der Waals surface area contributed by atoms with Gasteiger partial charge in [-0.3, -0.25) is 4.79 Å². The molecule has 0 fully saturated rings. The lowest BCUT2D eigenvalue weighted by Gasteiger charge is -2.18. The Bertz CT molecular complexity index is 649. The quantitative estimate of drug-likeness (QED) is 0.758. The van der Waals surface area contributed by atoms with Gasteiger partial charge in [-0.2, -0.15) is 8.78 Å². The number of aliphatic hydroxyl groups excluding tert-OH is 1. The molecule has 128 valence electrons. The lowest BCUT2D eigenvalue weighted by Crippen LogP contribution is -2.38. The van der Waals surface area contributed by atoms with E-state index in [0.717, 1.165) is 5.56 Å². The summed E-state index contributed by atoms with van der Waals surface area (Å²) < 4.78 is 33.4. The zero-order valence-corrected chi connectivity index (χ0v) is 12.6. The second-order valence-electron chi connectivity index (χ2n) is 5.01. The molecule has 0 radical (unpaired) electrons. The highest BCUT2D eigenvalue weighted by Crippen LogP contribution is 2.21. The highest BCUT2D eigenvalue weighted by Gasteiger charge is 2.25. The van der Waals surface area contributed by atoms with Gasteiger partial charge in [0.1, 0.15) is 24.5 Å². The van der Waals surface area contributed by atoms with Crippen LogP contribution in [-0.4, -0.2) is 23.7 Å². The summed E-state index contributed by atoms with van der Waals surface area (Å²) in [6.45, 7) is -2.89. The summed E-state index contributed by atoms with van der Waals surface area (Å²) in [7, 11) is 0. The van der Waals surface area contributed by atoms with Crippen LogP contribution in [0, 0.1) is 0 Å². The van der Waals surface area contributed by atoms with Gasteiger partial charge in [-0.25, -0.2) is 0 Å². The minimum absolute atomic E-state index is 0.0429. The van der Waals surface area contributed by atoms with E-state index in [1.54, 1.807) is 24.3 Å². The van der Waals surface area contributed by atoms with Crippen molar-refractivity contribution in [2.75, 3.05) is 0 Å². The van der Waals surface area contributed by atoms with Gasteiger partial charge in [-0.05, 0) is 23.3 Å². The Morgan fingerprint density at radius 3 is 2.29 bits per heavy atom. The average Bonchev–Trinajstić information content (AvgIpc) is 2.59. The predicted molar refractivity (Wildman–Crippen MR) is 82.2 cm³/mol. The normalized spacial score (nSPS) is 13.4. The smallest absolute Gasteiger partial charge is 0.387 e. The number of ether oxygens (including phenoxy) is 2. The van der Waals surface area contributed by atoms with Gasteiger partial charge in [0.15, 0.2) is 0 Å². The van der Waals surface area contributed by atoms with Gasteiger partial charge in [-0.1, -0.05) is 42.5 Å². The maximum Gasteiger partial charge on any atom is 0.387 e. The van der Waals surface area contributed by atoms with Gasteiger partial charge in [0.2, 0.25) is 0 Å². The SMILES string of the molecule is N[C@H](C(=O)OCc1ccccc1)[C@H](O)c1ccc(OC(F)F)cc1. The zero-order valence-electron chi connectivity index (χ0n) is 12.6. The van der Waals surface area contributed by atoms with Gasteiger partial charge in [0.25, 0.3) is 0 Å². The van der Waals surface area contributed by atoms with Gasteiger partial charge >= 0.3 is 12.6 Å². The van der Waals surface area contributed by atoms with Gasteiger partial charge in [0.05, 0.1) is 0 Å². The Hall–Kier alpha value is -2.51. The molecule has 0 spiro atoms. The molecule has 0 heterocycles. The molecule has 24 heavy (non-hydrogen) atoms. The van der Waals surface area contributed by atoms with Crippen LogP contribution in [0.2, 0.25) is 0 Å². The summed E-state index contributed by atoms with van der Waals surface area (Å²) >= 11 is 0. The molecular formula is C17H17F2NO4. The summed E-state index contributed by atoms with van der Waals surface area (Å²) in [5.41, 5.74) is 6.78. The Morgan fingerprint density at radius 1 is 1.08 bits per heavy atom. The molecule has 0 saturated carbocycles. The molecule has 0 aliphatic carbocycles. The second kappa shape index (κ2) is 8.37. The van der Waals surface area contributed by atoms with Crippen molar-refractivity contribution in [1.82, 2.24) is 0 Å². The molecule has 0 bridgehead atoms. The van der Waals surface area contributed by atoms with Crippen LogP contribution in [0.15, 0.2) is 54.6 Å². The fraction of sp³-hybridized carbons (Fsp3) is 0.235. The van der Waals surface area contributed by atoms with Crippen LogP contribution in [0.3, 0.4) is 0 Å². The first-order valence-corrected chi connectivity index (χ1v) is 7.16. The van der Waals surface area contributed by atoms with Crippen molar-refractivity contribution in [1.29, 1.82) is 0 Å². The summed E-state index contributed by atoms with van der Waals surface area (Å²) in [5, 5.41) is 10.1. The van der Waals surface area contributed by atoms with E-state index in [1.165, 1.54) is 24.3 Å². The molecule has 0 amide bonds. The highest BCUT2D eigenvalue weighted by molar-refractivity contribution is 5.76. The summed E-state index contributed by atoms with van der Waals surface area (Å²) in [6.07, 6.45) is -1.33. The largest absolute Gasteiger partial charge is 0.460 e. The third-order valence-electron chi connectivity index (χ3n) is 3.28. The van der Waals surface area contributed by atoms with Crippen LogP contribution in [0.25, 0.3) is 0 Å². The first-order chi connectivity index (χ1) is 11.5. The maximum absolute atomic E-state index is 12.1. The number of carbonyl (C=O) groups excluding carboxylic acids is 1. The van der Waals surface area contributed by atoms with Crippen molar-refractivity contribution in [3.05, 3.63) is 65.7 Å². The molecule has 0 aliphatic heterocycles. The van der Waals surface area contributed by atoms with Crippen molar-refractivity contribution in [2.24, 2.45) is 5.73 Å². The van der Waals surface area contributed by atoms with Gasteiger partial charge in [-0.15, -0.1) is 0 Å². The van der Waals surface area contributed by atoms with Crippen molar-refractivity contribution in [3.63, 3.8) is 0 Å². The minimum Gasteiger partial charge on any atom is -0.460 e. The molecule has 5 nitrogen and oxygen atoms in total. The maximum atomic E-state index is 12.1. The van der Waals surface area contributed by atoms with E-state index in [0.29, 0.717) is 5.56 Å². The number of alkyl halides is 2. The van der Waals surface area contributed by atoms with E-state index in [9.17, 15) is 18.7 Å². The van der Waals surface area contributed by atoms with Crippen LogP contribution in [-0.2, 0) is 16.1 Å². The summed E-state index contributed by atoms with van der Waals surface area (Å²) in [6, 6.07) is 13.0. The van der Waals surface area contributed by atoms with Crippen molar-refractivity contribution in [3.8, 4) is 5.75 Å². The summed E-state index contributed by atoms with van der Waals surface area (Å²) in [4.78, 5) is 11.9. The predicted octanol–water partition coefficient (Wildman–Crippen LogP) is 2.39. The number of halogens is 2. The number of rotatable bonds is 7. The van der Waals surface area contributed by atoms with Gasteiger partial charge < -0.3 is 20.3 Å². The molecule has 0 unspecified atom stereocenters. The summed E-state index contributed by atoms with van der Waals surface area (Å²) in [5.74, 6) is -0.819. The van der Waals surface area contributed by atoms with Crippen LogP contribution in [0.5, 0.6) is 5.75 Å². The van der Waals surface area contributed by atoms with Crippen LogP contribution in [0.1, 0.15) is 17.2 Å². The lowest BCUT2D eigenvalue weighted by molar-refractivity contribution is -0.149. The first-order valence-electron chi connectivity index (χ1n) is 7.16. The van der Waals surface area contributed by atoms with E-state index < -0.39 is 24.7 Å². The molecule has 0 aromatic heterocycles. The monoisotopic (exact) mass is 337 g/mol. The molecule has 7 heteroatoms. The van der Waals surface area contributed by atoms with Gasteiger partial charge in [0, 0.05) is 0 Å². The number of esters is 1. The standard InChI is InChI=1S/C17H17F2NO4/c18-17(19)24-13-8-6-12(7-9-13)15(21)14(20)16(22)23-10-11-4-2-1-3-5-11/h1-9,14-15,17,21H,10,20H2/t14-,15+/m0/s1. The molecule has 0 aliphatic rings. The number of hydrogen-bond donors (Lipinski definition) is 2. The molecular weight excluding hydrogens is 320 g/mol. The number of aliphatic hydroxyl groups is 1. The van der Waals surface area contributed by atoms with E-state index in [-0.39, 0.29) is 12.4 Å². The average molecular weight is 337 g/mol. The number of hydrogen-bond acceptors (Lipinski definition) is 5. The lowest BCUT2D eigenvalue weighted by atomic mass is 10.0. The molecule has 2 atom stereocenters. The fourth-order valence-electron chi connectivity index (χ4n) is 2.01. The van der Waals surface area contributed by atoms with Crippen molar-refractivity contribution >= 4 is 5.97 Å². The molecule has 2 aromatic rings. The second-order valence-corrected chi connectivity index (χ2v) is 5.01. The minimum atomic E-state index is -2.93. The van der Waals surface area contributed by atoms with E-state index >= 15 is 0 Å². The van der Waals surface area contributed by atoms with E-state index in [4.69, 9.17) is 10.5 Å². The van der Waals surface area contributed by atoms with Crippen LogP contribution < -0.4 is 10.5 Å². The van der Waals surface area contributed by atoms with E-state index in [1.807, 2.05) is 6.07 Å². The Morgan fingerprint density at radius 2 is 1.71 bits per heavy atom. The Kier molecular flexibility index (Phi) is 6.22.